The Morgan fingerprint density at radius 3 is 2.38 bits per heavy atom. The van der Waals surface area contributed by atoms with Gasteiger partial charge in [0.15, 0.2) is 0 Å². The first-order valence-corrected chi connectivity index (χ1v) is 7.59. The van der Waals surface area contributed by atoms with Gasteiger partial charge in [0.1, 0.15) is 0 Å². The lowest BCUT2D eigenvalue weighted by molar-refractivity contribution is -0.137. The second-order valence-electron chi connectivity index (χ2n) is 4.29. The van der Waals surface area contributed by atoms with Crippen molar-refractivity contribution in [3.63, 3.8) is 0 Å². The van der Waals surface area contributed by atoms with Gasteiger partial charge in [-0.05, 0) is 18.6 Å². The second kappa shape index (κ2) is 11.3. The topological polar surface area (TPSA) is 37.3 Å². The lowest BCUT2D eigenvalue weighted by Gasteiger charge is -2.13. The van der Waals surface area contributed by atoms with Crippen LogP contribution in [0.15, 0.2) is 0 Å². The normalized spacial score (nSPS) is 12.6. The van der Waals surface area contributed by atoms with E-state index in [-0.39, 0.29) is 0 Å². The summed E-state index contributed by atoms with van der Waals surface area (Å²) in [6.07, 6.45) is 8.79. The maximum absolute atomic E-state index is 10.7. The first-order chi connectivity index (χ1) is 7.70. The highest BCUT2D eigenvalue weighted by Crippen LogP contribution is 2.22. The minimum atomic E-state index is -0.651. The number of rotatable bonds is 11. The summed E-state index contributed by atoms with van der Waals surface area (Å²) in [7, 11) is 0. The number of aliphatic carboxylic acids is 1. The number of hydrogen-bond acceptors (Lipinski definition) is 2. The number of carbonyl (C=O) groups is 1. The van der Waals surface area contributed by atoms with Crippen molar-refractivity contribution in [3.8, 4) is 0 Å². The third kappa shape index (κ3) is 10.3. The van der Waals surface area contributed by atoms with Crippen LogP contribution in [0.5, 0.6) is 0 Å². The standard InChI is InChI=1S/C13H26O2S/c1-3-5-7-8-10-16-12(9-6-4-2)11-13(14)15/h12H,3-11H2,1-2H3,(H,14,15). The van der Waals surface area contributed by atoms with Gasteiger partial charge in [0.2, 0.25) is 0 Å². The number of hydrogen-bond donors (Lipinski definition) is 1. The van der Waals surface area contributed by atoms with Crippen molar-refractivity contribution in [2.45, 2.75) is 70.5 Å². The van der Waals surface area contributed by atoms with E-state index < -0.39 is 5.97 Å². The maximum atomic E-state index is 10.7. The fraction of sp³-hybridized carbons (Fsp3) is 0.923. The van der Waals surface area contributed by atoms with E-state index in [0.29, 0.717) is 11.7 Å². The molecule has 0 aliphatic heterocycles. The van der Waals surface area contributed by atoms with E-state index in [9.17, 15) is 4.79 Å². The zero-order valence-corrected chi connectivity index (χ0v) is 11.5. The zero-order valence-electron chi connectivity index (χ0n) is 10.7. The molecule has 0 aliphatic rings. The molecule has 0 spiro atoms. The Bertz CT molecular complexity index is 171. The van der Waals surface area contributed by atoms with Crippen LogP contribution in [0.25, 0.3) is 0 Å². The van der Waals surface area contributed by atoms with Crippen molar-refractivity contribution in [1.29, 1.82) is 0 Å². The Morgan fingerprint density at radius 2 is 1.81 bits per heavy atom. The fourth-order valence-corrected chi connectivity index (χ4v) is 2.95. The van der Waals surface area contributed by atoms with Crippen molar-refractivity contribution >= 4 is 17.7 Å². The quantitative estimate of drug-likeness (QED) is 0.551. The molecule has 0 aromatic carbocycles. The first kappa shape index (κ1) is 15.8. The predicted octanol–water partition coefficient (Wildman–Crippen LogP) is 4.33. The summed E-state index contributed by atoms with van der Waals surface area (Å²) in [5, 5.41) is 9.14. The summed E-state index contributed by atoms with van der Waals surface area (Å²) in [5.41, 5.74) is 0. The molecule has 0 rings (SSSR count). The molecular weight excluding hydrogens is 220 g/mol. The van der Waals surface area contributed by atoms with Crippen LogP contribution >= 0.6 is 11.8 Å². The highest BCUT2D eigenvalue weighted by Gasteiger charge is 2.12. The molecule has 0 saturated carbocycles. The first-order valence-electron chi connectivity index (χ1n) is 6.54. The SMILES string of the molecule is CCCCCCSC(CCCC)CC(=O)O. The number of thioether (sulfide) groups is 1. The van der Waals surface area contributed by atoms with Crippen molar-refractivity contribution in [1.82, 2.24) is 0 Å². The molecule has 0 bridgehead atoms. The number of unbranched alkanes of at least 4 members (excludes halogenated alkanes) is 4. The van der Waals surface area contributed by atoms with E-state index in [0.717, 1.165) is 25.0 Å². The van der Waals surface area contributed by atoms with Gasteiger partial charge in [-0.2, -0.15) is 11.8 Å². The fourth-order valence-electron chi connectivity index (χ4n) is 1.65. The third-order valence-corrected chi connectivity index (χ3v) is 4.03. The minimum absolute atomic E-state index is 0.332. The Balaban J connectivity index is 3.60. The molecule has 0 saturated heterocycles. The molecule has 96 valence electrons. The van der Waals surface area contributed by atoms with Crippen LogP contribution in [0.4, 0.5) is 0 Å². The molecule has 3 heteroatoms. The Hall–Kier alpha value is -0.180. The van der Waals surface area contributed by atoms with Gasteiger partial charge in [0, 0.05) is 5.25 Å². The summed E-state index contributed by atoms with van der Waals surface area (Å²) in [5.74, 6) is 0.476. The van der Waals surface area contributed by atoms with Crippen molar-refractivity contribution in [2.24, 2.45) is 0 Å². The average Bonchev–Trinajstić information content (AvgIpc) is 2.24. The molecule has 0 aliphatic carbocycles. The summed E-state index contributed by atoms with van der Waals surface area (Å²) < 4.78 is 0. The van der Waals surface area contributed by atoms with Gasteiger partial charge in [-0.3, -0.25) is 4.79 Å². The molecule has 1 unspecified atom stereocenters. The lowest BCUT2D eigenvalue weighted by Crippen LogP contribution is -2.10. The van der Waals surface area contributed by atoms with E-state index in [1.54, 1.807) is 0 Å². The third-order valence-electron chi connectivity index (χ3n) is 2.63. The van der Waals surface area contributed by atoms with E-state index in [4.69, 9.17) is 5.11 Å². The van der Waals surface area contributed by atoms with Crippen molar-refractivity contribution in [3.05, 3.63) is 0 Å². The molecule has 0 amide bonds. The number of carboxylic acid groups (broad SMARTS) is 1. The monoisotopic (exact) mass is 246 g/mol. The maximum Gasteiger partial charge on any atom is 0.304 e. The van der Waals surface area contributed by atoms with Gasteiger partial charge in [-0.15, -0.1) is 0 Å². The molecule has 0 aromatic heterocycles. The molecule has 0 heterocycles. The summed E-state index contributed by atoms with van der Waals surface area (Å²) in [4.78, 5) is 10.7. The molecule has 1 N–H and O–H groups in total. The van der Waals surface area contributed by atoms with Crippen LogP contribution in [0, 0.1) is 0 Å². The van der Waals surface area contributed by atoms with Gasteiger partial charge >= 0.3 is 5.97 Å². The van der Waals surface area contributed by atoms with E-state index in [2.05, 4.69) is 13.8 Å². The summed E-state index contributed by atoms with van der Waals surface area (Å²) in [6, 6.07) is 0. The molecular formula is C13H26O2S. The largest absolute Gasteiger partial charge is 0.481 e. The van der Waals surface area contributed by atoms with Crippen LogP contribution in [-0.4, -0.2) is 22.1 Å². The van der Waals surface area contributed by atoms with Crippen LogP contribution < -0.4 is 0 Å². The molecule has 1 atom stereocenters. The van der Waals surface area contributed by atoms with Gasteiger partial charge < -0.3 is 5.11 Å². The average molecular weight is 246 g/mol. The van der Waals surface area contributed by atoms with Gasteiger partial charge in [0.05, 0.1) is 6.42 Å². The molecule has 0 radical (unpaired) electrons. The minimum Gasteiger partial charge on any atom is -0.481 e. The highest BCUT2D eigenvalue weighted by molar-refractivity contribution is 7.99. The summed E-state index contributed by atoms with van der Waals surface area (Å²) in [6.45, 7) is 4.37. The van der Waals surface area contributed by atoms with Gasteiger partial charge in [-0.1, -0.05) is 46.0 Å². The molecule has 0 aromatic rings. The van der Waals surface area contributed by atoms with E-state index in [1.165, 1.54) is 25.7 Å². The summed E-state index contributed by atoms with van der Waals surface area (Å²) >= 11 is 1.86. The van der Waals surface area contributed by atoms with Crippen molar-refractivity contribution in [2.75, 3.05) is 5.75 Å². The van der Waals surface area contributed by atoms with Gasteiger partial charge in [-0.25, -0.2) is 0 Å². The van der Waals surface area contributed by atoms with Crippen LogP contribution in [0.3, 0.4) is 0 Å². The van der Waals surface area contributed by atoms with Crippen molar-refractivity contribution < 1.29 is 9.90 Å². The Labute approximate surface area is 104 Å². The van der Waals surface area contributed by atoms with Gasteiger partial charge in [0.25, 0.3) is 0 Å². The highest BCUT2D eigenvalue weighted by atomic mass is 32.2. The van der Waals surface area contributed by atoms with E-state index in [1.807, 2.05) is 11.8 Å². The second-order valence-corrected chi connectivity index (χ2v) is 5.70. The van der Waals surface area contributed by atoms with Crippen LogP contribution in [-0.2, 0) is 4.79 Å². The molecule has 2 nitrogen and oxygen atoms in total. The Kier molecular flexibility index (Phi) is 11.2. The smallest absolute Gasteiger partial charge is 0.304 e. The van der Waals surface area contributed by atoms with E-state index >= 15 is 0 Å². The predicted molar refractivity (Wildman–Crippen MR) is 72.2 cm³/mol. The van der Waals surface area contributed by atoms with Crippen LogP contribution in [0.1, 0.15) is 65.2 Å². The Morgan fingerprint density at radius 1 is 1.12 bits per heavy atom. The molecule has 0 fully saturated rings. The van der Waals surface area contributed by atoms with Crippen LogP contribution in [0.2, 0.25) is 0 Å². The number of carboxylic acids is 1. The zero-order chi connectivity index (χ0) is 12.2. The lowest BCUT2D eigenvalue weighted by atomic mass is 10.1. The molecule has 16 heavy (non-hydrogen) atoms.